The van der Waals surface area contributed by atoms with Crippen LogP contribution in [0.15, 0.2) is 0 Å². The molecule has 1 saturated heterocycles. The van der Waals surface area contributed by atoms with E-state index in [-0.39, 0.29) is 5.60 Å². The van der Waals surface area contributed by atoms with Gasteiger partial charge in [0.05, 0.1) is 12.2 Å². The Balaban J connectivity index is 2.44. The van der Waals surface area contributed by atoms with Crippen molar-refractivity contribution in [3.8, 4) is 0 Å². The molecule has 1 heterocycles. The molecule has 1 aliphatic heterocycles. The van der Waals surface area contributed by atoms with Gasteiger partial charge in [0.1, 0.15) is 0 Å². The van der Waals surface area contributed by atoms with Crippen LogP contribution in [0.3, 0.4) is 0 Å². The molecule has 0 spiro atoms. The van der Waals surface area contributed by atoms with E-state index in [1.54, 1.807) is 0 Å². The molecule has 0 aliphatic carbocycles. The Bertz CT molecular complexity index is 86.4. The van der Waals surface area contributed by atoms with Crippen molar-refractivity contribution in [2.75, 3.05) is 6.61 Å². The lowest BCUT2D eigenvalue weighted by molar-refractivity contribution is 0.0356. The number of ether oxygens (including phenoxy) is 1. The van der Waals surface area contributed by atoms with Gasteiger partial charge in [0.2, 0.25) is 0 Å². The van der Waals surface area contributed by atoms with E-state index in [1.807, 2.05) is 0 Å². The Hall–Kier alpha value is -0.0400. The maximum atomic E-state index is 5.39. The van der Waals surface area contributed by atoms with Crippen molar-refractivity contribution in [3.63, 3.8) is 0 Å². The van der Waals surface area contributed by atoms with E-state index in [0.717, 1.165) is 13.0 Å². The largest absolute Gasteiger partial charge is 0.375 e. The molecule has 8 heavy (non-hydrogen) atoms. The van der Waals surface area contributed by atoms with Crippen molar-refractivity contribution >= 4 is 0 Å². The Morgan fingerprint density at radius 3 is 2.38 bits per heavy atom. The number of rotatable bonds is 0. The van der Waals surface area contributed by atoms with Gasteiger partial charge in [-0.3, -0.25) is 0 Å². The lowest BCUT2D eigenvalue weighted by atomic mass is 10.00. The Morgan fingerprint density at radius 1 is 1.62 bits per heavy atom. The monoisotopic (exact) mass is 113 g/mol. The van der Waals surface area contributed by atoms with Gasteiger partial charge in [-0.25, -0.2) is 0 Å². The highest BCUT2D eigenvalue weighted by Gasteiger charge is 2.28. The summed E-state index contributed by atoms with van der Waals surface area (Å²) in [5.41, 5.74) is 0.104. The SMILES string of the molecule is [CH2]C1COC(C)(C)C1. The molecule has 1 fully saturated rings. The van der Waals surface area contributed by atoms with Crippen LogP contribution >= 0.6 is 0 Å². The minimum absolute atomic E-state index is 0.104. The zero-order valence-corrected chi connectivity index (χ0v) is 5.61. The van der Waals surface area contributed by atoms with Crippen LogP contribution in [0.2, 0.25) is 0 Å². The van der Waals surface area contributed by atoms with Gasteiger partial charge in [0, 0.05) is 0 Å². The average molecular weight is 113 g/mol. The van der Waals surface area contributed by atoms with E-state index in [2.05, 4.69) is 20.8 Å². The zero-order valence-electron chi connectivity index (χ0n) is 5.61. The van der Waals surface area contributed by atoms with Crippen molar-refractivity contribution in [1.29, 1.82) is 0 Å². The number of hydrogen-bond donors (Lipinski definition) is 0. The first-order chi connectivity index (χ1) is 3.60. The van der Waals surface area contributed by atoms with Crippen molar-refractivity contribution in [2.24, 2.45) is 5.92 Å². The molecule has 0 amide bonds. The molecule has 1 nitrogen and oxygen atoms in total. The van der Waals surface area contributed by atoms with Crippen LogP contribution in [0.4, 0.5) is 0 Å². The zero-order chi connectivity index (χ0) is 6.20. The van der Waals surface area contributed by atoms with Gasteiger partial charge in [-0.1, -0.05) is 0 Å². The molecular weight excluding hydrogens is 100 g/mol. The van der Waals surface area contributed by atoms with Crippen molar-refractivity contribution in [2.45, 2.75) is 25.9 Å². The lowest BCUT2D eigenvalue weighted by Crippen LogP contribution is -2.16. The van der Waals surface area contributed by atoms with Gasteiger partial charge in [-0.2, -0.15) is 0 Å². The standard InChI is InChI=1S/C7H13O/c1-6-4-7(2,3)8-5-6/h6H,1,4-5H2,2-3H3. The lowest BCUT2D eigenvalue weighted by Gasteiger charge is -2.14. The van der Waals surface area contributed by atoms with E-state index in [4.69, 9.17) is 4.74 Å². The van der Waals surface area contributed by atoms with Gasteiger partial charge >= 0.3 is 0 Å². The van der Waals surface area contributed by atoms with Crippen molar-refractivity contribution in [3.05, 3.63) is 6.92 Å². The molecule has 0 N–H and O–H groups in total. The predicted molar refractivity (Wildman–Crippen MR) is 33.5 cm³/mol. The van der Waals surface area contributed by atoms with Crippen molar-refractivity contribution in [1.82, 2.24) is 0 Å². The fourth-order valence-corrected chi connectivity index (χ4v) is 1.16. The fourth-order valence-electron chi connectivity index (χ4n) is 1.16. The average Bonchev–Trinajstić information content (AvgIpc) is 1.82. The third-order valence-electron chi connectivity index (χ3n) is 1.49. The van der Waals surface area contributed by atoms with E-state index < -0.39 is 0 Å². The maximum Gasteiger partial charge on any atom is 0.0630 e. The molecule has 0 bridgehead atoms. The van der Waals surface area contributed by atoms with Crippen LogP contribution in [0.25, 0.3) is 0 Å². The topological polar surface area (TPSA) is 9.23 Å². The highest BCUT2D eigenvalue weighted by Crippen LogP contribution is 2.27. The summed E-state index contributed by atoms with van der Waals surface area (Å²) in [4.78, 5) is 0. The predicted octanol–water partition coefficient (Wildman–Crippen LogP) is 1.64. The first-order valence-electron chi connectivity index (χ1n) is 3.07. The van der Waals surface area contributed by atoms with Crippen LogP contribution in [0.1, 0.15) is 20.3 Å². The summed E-state index contributed by atoms with van der Waals surface area (Å²) in [5.74, 6) is 0.519. The van der Waals surface area contributed by atoms with Crippen LogP contribution < -0.4 is 0 Å². The van der Waals surface area contributed by atoms with Crippen LogP contribution in [-0.2, 0) is 4.74 Å². The highest BCUT2D eigenvalue weighted by atomic mass is 16.5. The van der Waals surface area contributed by atoms with Crippen LogP contribution in [0.5, 0.6) is 0 Å². The molecule has 1 aliphatic rings. The van der Waals surface area contributed by atoms with Gasteiger partial charge in [0.15, 0.2) is 0 Å². The minimum Gasteiger partial charge on any atom is -0.375 e. The van der Waals surface area contributed by atoms with E-state index in [9.17, 15) is 0 Å². The van der Waals surface area contributed by atoms with E-state index >= 15 is 0 Å². The summed E-state index contributed by atoms with van der Waals surface area (Å²) in [6.07, 6.45) is 1.10. The molecule has 0 aromatic carbocycles. The Morgan fingerprint density at radius 2 is 2.25 bits per heavy atom. The minimum atomic E-state index is 0.104. The van der Waals surface area contributed by atoms with E-state index in [1.165, 1.54) is 0 Å². The molecule has 1 radical (unpaired) electrons. The third kappa shape index (κ3) is 1.22. The van der Waals surface area contributed by atoms with Gasteiger partial charge in [0.25, 0.3) is 0 Å². The molecule has 0 aromatic rings. The highest BCUT2D eigenvalue weighted by molar-refractivity contribution is 4.81. The maximum absolute atomic E-state index is 5.39. The number of hydrogen-bond acceptors (Lipinski definition) is 1. The smallest absolute Gasteiger partial charge is 0.0630 e. The quantitative estimate of drug-likeness (QED) is 0.464. The van der Waals surface area contributed by atoms with Crippen LogP contribution in [0, 0.1) is 12.8 Å². The molecule has 1 atom stereocenters. The van der Waals surface area contributed by atoms with Crippen LogP contribution in [-0.4, -0.2) is 12.2 Å². The second-order valence-corrected chi connectivity index (χ2v) is 3.14. The van der Waals surface area contributed by atoms with Crippen molar-refractivity contribution < 1.29 is 4.74 Å². The normalized spacial score (nSPS) is 35.6. The molecule has 1 unspecified atom stereocenters. The summed E-state index contributed by atoms with van der Waals surface area (Å²) < 4.78 is 5.39. The summed E-state index contributed by atoms with van der Waals surface area (Å²) in [5, 5.41) is 0. The molecule has 0 saturated carbocycles. The van der Waals surface area contributed by atoms with Gasteiger partial charge < -0.3 is 4.74 Å². The van der Waals surface area contributed by atoms with Gasteiger partial charge in [-0.15, -0.1) is 0 Å². The summed E-state index contributed by atoms with van der Waals surface area (Å²) in [6.45, 7) is 8.97. The first-order valence-corrected chi connectivity index (χ1v) is 3.07. The second-order valence-electron chi connectivity index (χ2n) is 3.14. The Labute approximate surface area is 51.0 Å². The third-order valence-corrected chi connectivity index (χ3v) is 1.49. The summed E-state index contributed by atoms with van der Waals surface area (Å²) in [6, 6.07) is 0. The molecule has 1 rings (SSSR count). The molecule has 47 valence electrons. The summed E-state index contributed by atoms with van der Waals surface area (Å²) in [7, 11) is 0. The molecule has 0 aromatic heterocycles. The summed E-state index contributed by atoms with van der Waals surface area (Å²) >= 11 is 0. The van der Waals surface area contributed by atoms with E-state index in [0.29, 0.717) is 5.92 Å². The molecule has 1 heteroatoms. The Kier molecular flexibility index (Phi) is 1.31. The molecular formula is C7H13O. The second kappa shape index (κ2) is 1.73. The first kappa shape index (κ1) is 6.09. The van der Waals surface area contributed by atoms with Gasteiger partial charge in [-0.05, 0) is 33.1 Å². The fraction of sp³-hybridized carbons (Fsp3) is 0.857.